The number of nitrogens with zero attached hydrogens (tertiary/aromatic N) is 8. The summed E-state index contributed by atoms with van der Waals surface area (Å²) in [6, 6.07) is 8.06. The molecule has 1 aliphatic heterocycles. The Kier molecular flexibility index (Phi) is 3.63. The molecular formula is C19H20N8. The highest BCUT2D eigenvalue weighted by Crippen LogP contribution is 2.24. The van der Waals surface area contributed by atoms with Gasteiger partial charge in [-0.15, -0.1) is 5.10 Å². The number of rotatable bonds is 2. The molecular weight excluding hydrogens is 340 g/mol. The average molecular weight is 360 g/mol. The second-order valence-corrected chi connectivity index (χ2v) is 6.79. The third-order valence-electron chi connectivity index (χ3n) is 5.22. The fraction of sp³-hybridized carbons (Fsp3) is 0.316. The van der Waals surface area contributed by atoms with Crippen LogP contribution in [0, 0.1) is 13.8 Å². The monoisotopic (exact) mass is 360 g/mol. The number of hydrogen-bond donors (Lipinski definition) is 0. The molecule has 27 heavy (non-hydrogen) atoms. The van der Waals surface area contributed by atoms with E-state index in [2.05, 4.69) is 42.7 Å². The Morgan fingerprint density at radius 1 is 0.889 bits per heavy atom. The predicted octanol–water partition coefficient (Wildman–Crippen LogP) is 2.01. The Bertz CT molecular complexity index is 1120. The van der Waals surface area contributed by atoms with Gasteiger partial charge < -0.3 is 9.80 Å². The van der Waals surface area contributed by atoms with Crippen molar-refractivity contribution < 1.29 is 0 Å². The van der Waals surface area contributed by atoms with Crippen LogP contribution in [0.5, 0.6) is 0 Å². The second kappa shape index (κ2) is 6.15. The third kappa shape index (κ3) is 2.64. The van der Waals surface area contributed by atoms with Gasteiger partial charge in [0.1, 0.15) is 18.0 Å². The number of anilines is 2. The lowest BCUT2D eigenvalue weighted by molar-refractivity contribution is 0.636. The van der Waals surface area contributed by atoms with E-state index >= 15 is 0 Å². The smallest absolute Gasteiger partial charge is 0.164 e. The van der Waals surface area contributed by atoms with Gasteiger partial charge in [-0.25, -0.2) is 24.5 Å². The highest BCUT2D eigenvalue weighted by Gasteiger charge is 2.21. The summed E-state index contributed by atoms with van der Waals surface area (Å²) in [6.07, 6.45) is 3.36. The molecule has 0 bridgehead atoms. The number of hydrogen-bond acceptors (Lipinski definition) is 7. The molecule has 0 aromatic carbocycles. The van der Waals surface area contributed by atoms with E-state index in [-0.39, 0.29) is 0 Å². The van der Waals surface area contributed by atoms with E-state index in [0.29, 0.717) is 0 Å². The van der Waals surface area contributed by atoms with E-state index in [0.717, 1.165) is 65.9 Å². The first-order chi connectivity index (χ1) is 13.2. The van der Waals surface area contributed by atoms with Crippen molar-refractivity contribution in [2.45, 2.75) is 13.8 Å². The van der Waals surface area contributed by atoms with Gasteiger partial charge in [0, 0.05) is 32.4 Å². The Morgan fingerprint density at radius 3 is 2.56 bits per heavy atom. The van der Waals surface area contributed by atoms with Crippen LogP contribution in [0.4, 0.5) is 11.6 Å². The van der Waals surface area contributed by atoms with Gasteiger partial charge in [-0.1, -0.05) is 0 Å². The summed E-state index contributed by atoms with van der Waals surface area (Å²) in [5, 5.41) is 5.79. The maximum Gasteiger partial charge on any atom is 0.164 e. The van der Waals surface area contributed by atoms with E-state index in [1.54, 1.807) is 12.5 Å². The zero-order chi connectivity index (χ0) is 18.4. The second-order valence-electron chi connectivity index (χ2n) is 6.79. The molecule has 0 N–H and O–H groups in total. The standard InChI is InChI=1S/C19H20N8/c1-13-14(2)27-16(23-13)5-6-17(24-27)25-8-10-26(11-9-25)19-15-4-3-7-20-18(15)21-12-22-19/h3-7,12H,8-11H2,1-2H3. The third-order valence-corrected chi connectivity index (χ3v) is 5.22. The molecule has 136 valence electrons. The number of piperazine rings is 1. The first-order valence-electron chi connectivity index (χ1n) is 9.09. The maximum atomic E-state index is 4.79. The molecule has 1 aliphatic rings. The van der Waals surface area contributed by atoms with Crippen molar-refractivity contribution >= 4 is 28.3 Å². The van der Waals surface area contributed by atoms with Crippen LogP contribution in [0.2, 0.25) is 0 Å². The number of fused-ring (bicyclic) bond motifs is 2. The molecule has 5 rings (SSSR count). The van der Waals surface area contributed by atoms with Crippen LogP contribution in [-0.2, 0) is 0 Å². The summed E-state index contributed by atoms with van der Waals surface area (Å²) in [7, 11) is 0. The van der Waals surface area contributed by atoms with Crippen LogP contribution >= 0.6 is 0 Å². The van der Waals surface area contributed by atoms with E-state index in [1.807, 2.05) is 29.6 Å². The normalized spacial score (nSPS) is 15.0. The molecule has 0 aliphatic carbocycles. The number of imidazole rings is 1. The molecule has 0 atom stereocenters. The topological polar surface area (TPSA) is 75.3 Å². The van der Waals surface area contributed by atoms with E-state index in [9.17, 15) is 0 Å². The molecule has 4 aromatic heterocycles. The molecule has 0 saturated carbocycles. The largest absolute Gasteiger partial charge is 0.352 e. The van der Waals surface area contributed by atoms with E-state index in [4.69, 9.17) is 5.10 Å². The number of pyridine rings is 1. The van der Waals surface area contributed by atoms with Gasteiger partial charge in [0.05, 0.1) is 16.8 Å². The van der Waals surface area contributed by atoms with Gasteiger partial charge in [0.15, 0.2) is 11.3 Å². The van der Waals surface area contributed by atoms with E-state index < -0.39 is 0 Å². The summed E-state index contributed by atoms with van der Waals surface area (Å²) in [5.74, 6) is 1.94. The first-order valence-corrected chi connectivity index (χ1v) is 9.09. The van der Waals surface area contributed by atoms with Crippen molar-refractivity contribution in [3.8, 4) is 0 Å². The number of aryl methyl sites for hydroxylation is 2. The van der Waals surface area contributed by atoms with Gasteiger partial charge in [0.2, 0.25) is 0 Å². The molecule has 0 spiro atoms. The van der Waals surface area contributed by atoms with Crippen molar-refractivity contribution in [1.29, 1.82) is 0 Å². The molecule has 4 aromatic rings. The van der Waals surface area contributed by atoms with Crippen molar-refractivity contribution in [1.82, 2.24) is 29.5 Å². The summed E-state index contributed by atoms with van der Waals surface area (Å²) >= 11 is 0. The minimum atomic E-state index is 0.739. The summed E-state index contributed by atoms with van der Waals surface area (Å²) in [6.45, 7) is 7.60. The molecule has 0 amide bonds. The van der Waals surface area contributed by atoms with Gasteiger partial charge >= 0.3 is 0 Å². The van der Waals surface area contributed by atoms with Gasteiger partial charge in [-0.05, 0) is 38.1 Å². The van der Waals surface area contributed by atoms with Crippen molar-refractivity contribution in [3.63, 3.8) is 0 Å². The van der Waals surface area contributed by atoms with Crippen LogP contribution in [0.3, 0.4) is 0 Å². The van der Waals surface area contributed by atoms with Crippen molar-refractivity contribution in [2.75, 3.05) is 36.0 Å². The Balaban J connectivity index is 1.39. The quantitative estimate of drug-likeness (QED) is 0.541. The Hall–Kier alpha value is -3.29. The first kappa shape index (κ1) is 15.9. The minimum Gasteiger partial charge on any atom is -0.352 e. The van der Waals surface area contributed by atoms with Crippen LogP contribution in [0.25, 0.3) is 16.7 Å². The predicted molar refractivity (Wildman–Crippen MR) is 104 cm³/mol. The van der Waals surface area contributed by atoms with Crippen LogP contribution in [0.15, 0.2) is 36.8 Å². The lowest BCUT2D eigenvalue weighted by Gasteiger charge is -2.36. The van der Waals surface area contributed by atoms with Gasteiger partial charge in [0.25, 0.3) is 0 Å². The lowest BCUT2D eigenvalue weighted by Crippen LogP contribution is -2.47. The molecule has 0 unspecified atom stereocenters. The minimum absolute atomic E-state index is 0.739. The fourth-order valence-corrected chi connectivity index (χ4v) is 3.59. The van der Waals surface area contributed by atoms with Crippen LogP contribution in [0.1, 0.15) is 11.4 Å². The molecule has 1 fully saturated rings. The van der Waals surface area contributed by atoms with Crippen molar-refractivity contribution in [2.24, 2.45) is 0 Å². The van der Waals surface area contributed by atoms with E-state index in [1.165, 1.54) is 0 Å². The van der Waals surface area contributed by atoms with Crippen LogP contribution < -0.4 is 9.80 Å². The van der Waals surface area contributed by atoms with Crippen molar-refractivity contribution in [3.05, 3.63) is 48.2 Å². The summed E-state index contributed by atoms with van der Waals surface area (Å²) in [4.78, 5) is 22.2. The highest BCUT2D eigenvalue weighted by atomic mass is 15.4. The summed E-state index contributed by atoms with van der Waals surface area (Å²) < 4.78 is 1.93. The Labute approximate surface area is 156 Å². The molecule has 1 saturated heterocycles. The molecule has 5 heterocycles. The van der Waals surface area contributed by atoms with Gasteiger partial charge in [-0.2, -0.15) is 0 Å². The zero-order valence-corrected chi connectivity index (χ0v) is 15.4. The average Bonchev–Trinajstić information content (AvgIpc) is 3.01. The molecule has 0 radical (unpaired) electrons. The summed E-state index contributed by atoms with van der Waals surface area (Å²) in [5.41, 5.74) is 3.74. The fourth-order valence-electron chi connectivity index (χ4n) is 3.59. The van der Waals surface area contributed by atoms with Gasteiger partial charge in [-0.3, -0.25) is 0 Å². The lowest BCUT2D eigenvalue weighted by atomic mass is 10.2. The highest BCUT2D eigenvalue weighted by molar-refractivity contribution is 5.86. The zero-order valence-electron chi connectivity index (χ0n) is 15.4. The Morgan fingerprint density at radius 2 is 1.70 bits per heavy atom. The number of aromatic nitrogens is 6. The molecule has 8 heteroatoms. The maximum absolute atomic E-state index is 4.79. The molecule has 8 nitrogen and oxygen atoms in total. The SMILES string of the molecule is Cc1nc2ccc(N3CCN(c4ncnc5ncccc45)CC3)nn2c1C. The van der Waals surface area contributed by atoms with Crippen LogP contribution in [-0.4, -0.2) is 55.7 Å².